The van der Waals surface area contributed by atoms with Gasteiger partial charge in [-0.25, -0.2) is 4.98 Å². The van der Waals surface area contributed by atoms with Crippen molar-refractivity contribution in [3.8, 4) is 34.1 Å². The molecule has 1 aliphatic rings. The summed E-state index contributed by atoms with van der Waals surface area (Å²) in [4.78, 5) is 7.83. The van der Waals surface area contributed by atoms with Gasteiger partial charge in [-0.05, 0) is 49.2 Å². The third-order valence-corrected chi connectivity index (χ3v) is 7.42. The number of halogens is 1. The second kappa shape index (κ2) is 13.2. The number of hydrogen-bond donors (Lipinski definition) is 0. The number of rotatable bonds is 12. The minimum atomic E-state index is 0.597. The van der Waals surface area contributed by atoms with E-state index in [1.165, 1.54) is 11.3 Å². The van der Waals surface area contributed by atoms with Crippen LogP contribution in [-0.4, -0.2) is 34.2 Å². The second-order valence-corrected chi connectivity index (χ2v) is 10.6. The number of hydrogen-bond acceptors (Lipinski definition) is 4. The molecule has 0 unspecified atom stereocenters. The van der Waals surface area contributed by atoms with Crippen LogP contribution in [0.2, 0.25) is 5.02 Å². The molecule has 39 heavy (non-hydrogen) atoms. The van der Waals surface area contributed by atoms with E-state index in [4.69, 9.17) is 26.1 Å². The normalized spacial score (nSPS) is 12.7. The van der Waals surface area contributed by atoms with Gasteiger partial charge in [-0.3, -0.25) is 4.90 Å². The minimum absolute atomic E-state index is 0.597. The van der Waals surface area contributed by atoms with E-state index >= 15 is 0 Å². The molecule has 0 amide bonds. The van der Waals surface area contributed by atoms with Crippen LogP contribution in [0.4, 0.5) is 0 Å². The molecule has 0 radical (unpaired) electrons. The van der Waals surface area contributed by atoms with E-state index in [-0.39, 0.29) is 0 Å². The van der Waals surface area contributed by atoms with E-state index in [9.17, 15) is 0 Å². The molecule has 5 nitrogen and oxygen atoms in total. The molecule has 0 N–H and O–H groups in total. The van der Waals surface area contributed by atoms with Gasteiger partial charge in [0.25, 0.3) is 0 Å². The van der Waals surface area contributed by atoms with Crippen molar-refractivity contribution < 1.29 is 9.47 Å². The van der Waals surface area contributed by atoms with Crippen LogP contribution in [-0.2, 0) is 19.6 Å². The Labute approximate surface area is 237 Å². The molecule has 1 aliphatic heterocycles. The van der Waals surface area contributed by atoms with Crippen LogP contribution in [0.15, 0.2) is 72.8 Å². The lowest BCUT2D eigenvalue weighted by Crippen LogP contribution is -2.26. The number of benzene rings is 3. The average molecular weight is 544 g/mol. The van der Waals surface area contributed by atoms with Gasteiger partial charge in [-0.1, -0.05) is 86.8 Å². The van der Waals surface area contributed by atoms with Crippen LogP contribution >= 0.6 is 11.6 Å². The van der Waals surface area contributed by atoms with Gasteiger partial charge in [0.15, 0.2) is 11.5 Å². The van der Waals surface area contributed by atoms with Gasteiger partial charge >= 0.3 is 0 Å². The SMILES string of the molecule is CCCCN(Cc1ccc2c(c1)OCCO2)Cc1c(-c2ccc(Cl)cc2)nc(-c2ccccc2)n1CCCC. The standard InChI is InChI=1S/C33H38ClN3O2/c1-3-5-18-36(23-25-12-17-30-31(22-25)39-21-20-38-30)24-29-32(26-13-15-28(34)16-14-26)35-33(37(29)19-6-4-2)27-10-8-7-9-11-27/h7-17,22H,3-6,18-21,23-24H2,1-2H3. The van der Waals surface area contributed by atoms with Crippen LogP contribution in [0.25, 0.3) is 22.6 Å². The van der Waals surface area contributed by atoms with Crippen LogP contribution in [0.3, 0.4) is 0 Å². The Kier molecular flexibility index (Phi) is 9.23. The number of aromatic nitrogens is 2. The first-order chi connectivity index (χ1) is 19.2. The minimum Gasteiger partial charge on any atom is -0.486 e. The van der Waals surface area contributed by atoms with Crippen LogP contribution in [0.5, 0.6) is 11.5 Å². The van der Waals surface area contributed by atoms with Gasteiger partial charge in [0.1, 0.15) is 19.0 Å². The van der Waals surface area contributed by atoms with Crippen LogP contribution in [0, 0.1) is 0 Å². The molecule has 0 bridgehead atoms. The van der Waals surface area contributed by atoms with Crippen molar-refractivity contribution in [2.75, 3.05) is 19.8 Å². The van der Waals surface area contributed by atoms with E-state index in [0.29, 0.717) is 13.2 Å². The summed E-state index contributed by atoms with van der Waals surface area (Å²) in [5, 5.41) is 0.733. The van der Waals surface area contributed by atoms with E-state index in [0.717, 1.165) is 91.0 Å². The molecular formula is C33H38ClN3O2. The second-order valence-electron chi connectivity index (χ2n) is 10.2. The lowest BCUT2D eigenvalue weighted by molar-refractivity contribution is 0.171. The van der Waals surface area contributed by atoms with Gasteiger partial charge < -0.3 is 14.0 Å². The van der Waals surface area contributed by atoms with Gasteiger partial charge in [0.05, 0.1) is 11.4 Å². The zero-order valence-electron chi connectivity index (χ0n) is 23.0. The number of imidazole rings is 1. The molecule has 0 saturated heterocycles. The molecule has 0 saturated carbocycles. The molecule has 0 spiro atoms. The van der Waals surface area contributed by atoms with Crippen molar-refractivity contribution in [2.24, 2.45) is 0 Å². The smallest absolute Gasteiger partial charge is 0.161 e. The highest BCUT2D eigenvalue weighted by Crippen LogP contribution is 2.34. The highest BCUT2D eigenvalue weighted by Gasteiger charge is 2.22. The first kappa shape index (κ1) is 27.3. The molecule has 2 heterocycles. The maximum Gasteiger partial charge on any atom is 0.161 e. The lowest BCUT2D eigenvalue weighted by Gasteiger charge is -2.25. The molecule has 3 aromatic carbocycles. The predicted molar refractivity (Wildman–Crippen MR) is 159 cm³/mol. The Morgan fingerprint density at radius 3 is 2.31 bits per heavy atom. The van der Waals surface area contributed by atoms with Crippen molar-refractivity contribution in [3.05, 3.63) is 89.1 Å². The highest BCUT2D eigenvalue weighted by molar-refractivity contribution is 6.30. The molecule has 0 aliphatic carbocycles. The average Bonchev–Trinajstić information content (AvgIpc) is 3.33. The Hall–Kier alpha value is -3.28. The summed E-state index contributed by atoms with van der Waals surface area (Å²) < 4.78 is 14.1. The summed E-state index contributed by atoms with van der Waals surface area (Å²) >= 11 is 6.27. The fraction of sp³-hybridized carbons (Fsp3) is 0.364. The maximum absolute atomic E-state index is 6.27. The Morgan fingerprint density at radius 1 is 0.821 bits per heavy atom. The van der Waals surface area contributed by atoms with Crippen molar-refractivity contribution in [1.82, 2.24) is 14.5 Å². The van der Waals surface area contributed by atoms with Gasteiger partial charge in [0, 0.05) is 35.8 Å². The molecule has 1 aromatic heterocycles. The maximum atomic E-state index is 6.27. The fourth-order valence-corrected chi connectivity index (χ4v) is 5.23. The van der Waals surface area contributed by atoms with Crippen molar-refractivity contribution >= 4 is 11.6 Å². The predicted octanol–water partition coefficient (Wildman–Crippen LogP) is 8.24. The molecule has 5 rings (SSSR count). The lowest BCUT2D eigenvalue weighted by atomic mass is 10.1. The third kappa shape index (κ3) is 6.66. The quantitative estimate of drug-likeness (QED) is 0.180. The van der Waals surface area contributed by atoms with Crippen molar-refractivity contribution in [3.63, 3.8) is 0 Å². The Bertz CT molecular complexity index is 1350. The number of ether oxygens (including phenoxy) is 2. The van der Waals surface area contributed by atoms with Crippen molar-refractivity contribution in [2.45, 2.75) is 59.2 Å². The van der Waals surface area contributed by atoms with E-state index in [2.05, 4.69) is 77.9 Å². The number of fused-ring (bicyclic) bond motifs is 1. The van der Waals surface area contributed by atoms with Gasteiger partial charge in [-0.2, -0.15) is 0 Å². The highest BCUT2D eigenvalue weighted by atomic mass is 35.5. The van der Waals surface area contributed by atoms with E-state index in [1.54, 1.807) is 0 Å². The summed E-state index contributed by atoms with van der Waals surface area (Å²) in [6, 6.07) is 25.0. The van der Waals surface area contributed by atoms with Crippen LogP contribution < -0.4 is 9.47 Å². The molecule has 204 valence electrons. The van der Waals surface area contributed by atoms with Crippen molar-refractivity contribution in [1.29, 1.82) is 0 Å². The van der Waals surface area contributed by atoms with Crippen LogP contribution in [0.1, 0.15) is 50.8 Å². The molecule has 6 heteroatoms. The summed E-state index contributed by atoms with van der Waals surface area (Å²) in [5.74, 6) is 2.70. The summed E-state index contributed by atoms with van der Waals surface area (Å²) in [5.41, 5.74) is 5.74. The van der Waals surface area contributed by atoms with Gasteiger partial charge in [-0.15, -0.1) is 0 Å². The molecular weight excluding hydrogens is 506 g/mol. The zero-order chi connectivity index (χ0) is 27.0. The van der Waals surface area contributed by atoms with E-state index < -0.39 is 0 Å². The first-order valence-electron chi connectivity index (χ1n) is 14.2. The Balaban J connectivity index is 1.55. The topological polar surface area (TPSA) is 39.5 Å². The fourth-order valence-electron chi connectivity index (χ4n) is 5.10. The first-order valence-corrected chi connectivity index (χ1v) is 14.6. The largest absolute Gasteiger partial charge is 0.486 e. The zero-order valence-corrected chi connectivity index (χ0v) is 23.8. The summed E-state index contributed by atoms with van der Waals surface area (Å²) in [6.07, 6.45) is 4.50. The summed E-state index contributed by atoms with van der Waals surface area (Å²) in [7, 11) is 0. The number of unbranched alkanes of at least 4 members (excludes halogenated alkanes) is 2. The molecule has 0 fully saturated rings. The molecule has 4 aromatic rings. The Morgan fingerprint density at radius 2 is 1.56 bits per heavy atom. The van der Waals surface area contributed by atoms with E-state index in [1.807, 2.05) is 18.2 Å². The van der Waals surface area contributed by atoms with Gasteiger partial charge in [0.2, 0.25) is 0 Å². The molecule has 0 atom stereocenters. The summed E-state index contributed by atoms with van der Waals surface area (Å²) in [6.45, 7) is 9.27. The monoisotopic (exact) mass is 543 g/mol. The third-order valence-electron chi connectivity index (χ3n) is 7.17. The number of nitrogens with zero attached hydrogens (tertiary/aromatic N) is 3.